The number of imidazole rings is 1. The van der Waals surface area contributed by atoms with Crippen molar-refractivity contribution in [3.63, 3.8) is 0 Å². The molecule has 1 aromatic rings. The Labute approximate surface area is 91.9 Å². The number of hydrogen-bond acceptors (Lipinski definition) is 2. The molecule has 1 aliphatic carbocycles. The van der Waals surface area contributed by atoms with Gasteiger partial charge in [0, 0.05) is 31.5 Å². The number of aromatic nitrogens is 2. The lowest BCUT2D eigenvalue weighted by molar-refractivity contribution is 0.479. The molecule has 0 radical (unpaired) electrons. The molecule has 0 amide bonds. The van der Waals surface area contributed by atoms with Crippen molar-refractivity contribution < 1.29 is 0 Å². The van der Waals surface area contributed by atoms with Crippen molar-refractivity contribution in [3.8, 4) is 0 Å². The largest absolute Gasteiger partial charge is 0.334 e. The van der Waals surface area contributed by atoms with Gasteiger partial charge in [0.05, 0.1) is 0 Å². The quantitative estimate of drug-likeness (QED) is 0.818. The van der Waals surface area contributed by atoms with E-state index in [2.05, 4.69) is 28.7 Å². The van der Waals surface area contributed by atoms with Crippen molar-refractivity contribution in [2.75, 3.05) is 6.54 Å². The van der Waals surface area contributed by atoms with E-state index < -0.39 is 0 Å². The normalized spacial score (nSPS) is 26.0. The zero-order valence-corrected chi connectivity index (χ0v) is 9.74. The van der Waals surface area contributed by atoms with Crippen LogP contribution in [-0.2, 0) is 6.54 Å². The van der Waals surface area contributed by atoms with Crippen molar-refractivity contribution >= 4 is 0 Å². The molecule has 0 aromatic carbocycles. The van der Waals surface area contributed by atoms with Crippen molar-refractivity contribution in [1.82, 2.24) is 14.9 Å². The minimum atomic E-state index is 0.754. The average Bonchev–Trinajstić information content (AvgIpc) is 2.77. The first-order chi connectivity index (χ1) is 7.25. The maximum absolute atomic E-state index is 4.21. The van der Waals surface area contributed by atoms with E-state index in [1.54, 1.807) is 0 Å². The van der Waals surface area contributed by atoms with E-state index >= 15 is 0 Å². The van der Waals surface area contributed by atoms with Crippen LogP contribution in [-0.4, -0.2) is 22.1 Å². The fourth-order valence-electron chi connectivity index (χ4n) is 2.42. The molecule has 1 saturated carbocycles. The first kappa shape index (κ1) is 10.7. The zero-order valence-electron chi connectivity index (χ0n) is 9.74. The number of aryl methyl sites for hydroxylation is 1. The first-order valence-electron chi connectivity index (χ1n) is 5.97. The number of nitrogens with one attached hydrogen (secondary N) is 1. The fourth-order valence-corrected chi connectivity index (χ4v) is 2.42. The number of nitrogens with zero attached hydrogens (tertiary/aromatic N) is 2. The molecule has 1 aliphatic rings. The second-order valence-electron chi connectivity index (χ2n) is 4.74. The fraction of sp³-hybridized carbons (Fsp3) is 0.750. The van der Waals surface area contributed by atoms with Gasteiger partial charge in [0.15, 0.2) is 0 Å². The molecule has 1 aromatic heterocycles. The van der Waals surface area contributed by atoms with Gasteiger partial charge in [0.2, 0.25) is 0 Å². The molecular weight excluding hydrogens is 186 g/mol. The molecule has 1 fully saturated rings. The lowest BCUT2D eigenvalue weighted by atomic mass is 10.1. The molecule has 0 bridgehead atoms. The second kappa shape index (κ2) is 4.79. The van der Waals surface area contributed by atoms with Gasteiger partial charge in [0.1, 0.15) is 5.82 Å². The van der Waals surface area contributed by atoms with Crippen molar-refractivity contribution in [3.05, 3.63) is 18.2 Å². The predicted molar refractivity (Wildman–Crippen MR) is 61.8 cm³/mol. The van der Waals surface area contributed by atoms with Crippen LogP contribution in [0.1, 0.15) is 32.0 Å². The summed E-state index contributed by atoms with van der Waals surface area (Å²) in [4.78, 5) is 4.21. The Morgan fingerprint density at radius 1 is 1.53 bits per heavy atom. The zero-order chi connectivity index (χ0) is 10.7. The highest BCUT2D eigenvalue weighted by atomic mass is 15.1. The number of rotatable bonds is 4. The number of hydrogen-bond donors (Lipinski definition) is 1. The van der Waals surface area contributed by atoms with Gasteiger partial charge in [-0.15, -0.1) is 0 Å². The SMILES string of the molecule is Cc1nccn1CCNC1CCC(C)C1. The van der Waals surface area contributed by atoms with E-state index in [0.29, 0.717) is 0 Å². The second-order valence-corrected chi connectivity index (χ2v) is 4.74. The van der Waals surface area contributed by atoms with Gasteiger partial charge in [0.25, 0.3) is 0 Å². The summed E-state index contributed by atoms with van der Waals surface area (Å²) >= 11 is 0. The van der Waals surface area contributed by atoms with Crippen LogP contribution in [0.4, 0.5) is 0 Å². The van der Waals surface area contributed by atoms with Crippen LogP contribution in [0.15, 0.2) is 12.4 Å². The Morgan fingerprint density at radius 2 is 2.40 bits per heavy atom. The van der Waals surface area contributed by atoms with Gasteiger partial charge >= 0.3 is 0 Å². The summed E-state index contributed by atoms with van der Waals surface area (Å²) in [5.74, 6) is 2.02. The Balaban J connectivity index is 1.69. The molecule has 2 unspecified atom stereocenters. The average molecular weight is 207 g/mol. The predicted octanol–water partition coefficient (Wildman–Crippen LogP) is 1.97. The van der Waals surface area contributed by atoms with E-state index in [0.717, 1.165) is 30.9 Å². The highest BCUT2D eigenvalue weighted by molar-refractivity contribution is 4.88. The van der Waals surface area contributed by atoms with Crippen molar-refractivity contribution in [2.24, 2.45) is 5.92 Å². The third-order valence-electron chi connectivity index (χ3n) is 3.40. The highest BCUT2D eigenvalue weighted by Gasteiger charge is 2.20. The molecule has 1 heterocycles. The molecule has 1 N–H and O–H groups in total. The molecule has 0 spiro atoms. The van der Waals surface area contributed by atoms with Crippen LogP contribution in [0.2, 0.25) is 0 Å². The van der Waals surface area contributed by atoms with E-state index in [1.165, 1.54) is 19.3 Å². The van der Waals surface area contributed by atoms with E-state index in [4.69, 9.17) is 0 Å². The Bertz CT molecular complexity index is 306. The first-order valence-corrected chi connectivity index (χ1v) is 5.97. The maximum Gasteiger partial charge on any atom is 0.105 e. The van der Waals surface area contributed by atoms with Gasteiger partial charge in [-0.1, -0.05) is 6.92 Å². The van der Waals surface area contributed by atoms with Crippen LogP contribution >= 0.6 is 0 Å². The molecular formula is C12H21N3. The van der Waals surface area contributed by atoms with Crippen LogP contribution in [0.5, 0.6) is 0 Å². The van der Waals surface area contributed by atoms with Gasteiger partial charge in [-0.05, 0) is 32.1 Å². The minimum absolute atomic E-state index is 0.754. The van der Waals surface area contributed by atoms with Gasteiger partial charge < -0.3 is 9.88 Å². The van der Waals surface area contributed by atoms with Crippen molar-refractivity contribution in [2.45, 2.75) is 45.7 Å². The molecule has 3 nitrogen and oxygen atoms in total. The summed E-state index contributed by atoms with van der Waals surface area (Å²) < 4.78 is 2.20. The standard InChI is InChI=1S/C12H21N3/c1-10-3-4-12(9-10)14-6-8-15-7-5-13-11(15)2/h5,7,10,12,14H,3-4,6,8-9H2,1-2H3. The maximum atomic E-state index is 4.21. The topological polar surface area (TPSA) is 29.9 Å². The monoisotopic (exact) mass is 207 g/mol. The van der Waals surface area contributed by atoms with Crippen LogP contribution in [0.3, 0.4) is 0 Å². The summed E-state index contributed by atoms with van der Waals surface area (Å²) in [6, 6.07) is 0.754. The van der Waals surface area contributed by atoms with Gasteiger partial charge in [-0.2, -0.15) is 0 Å². The van der Waals surface area contributed by atoms with Crippen LogP contribution in [0, 0.1) is 12.8 Å². The summed E-state index contributed by atoms with van der Waals surface area (Å²) in [5, 5.41) is 3.63. The Hall–Kier alpha value is -0.830. The molecule has 0 aliphatic heterocycles. The van der Waals surface area contributed by atoms with E-state index in [-0.39, 0.29) is 0 Å². The van der Waals surface area contributed by atoms with Gasteiger partial charge in [-0.3, -0.25) is 0 Å². The third kappa shape index (κ3) is 2.81. The summed E-state index contributed by atoms with van der Waals surface area (Å²) in [6.45, 7) is 6.50. The highest BCUT2D eigenvalue weighted by Crippen LogP contribution is 2.24. The molecule has 3 heteroatoms. The van der Waals surface area contributed by atoms with E-state index in [9.17, 15) is 0 Å². The molecule has 2 atom stereocenters. The smallest absolute Gasteiger partial charge is 0.105 e. The Morgan fingerprint density at radius 3 is 3.00 bits per heavy atom. The summed E-state index contributed by atoms with van der Waals surface area (Å²) in [7, 11) is 0. The lowest BCUT2D eigenvalue weighted by Gasteiger charge is -2.13. The summed E-state index contributed by atoms with van der Waals surface area (Å²) in [5.41, 5.74) is 0. The molecule has 2 rings (SSSR count). The lowest BCUT2D eigenvalue weighted by Crippen LogP contribution is -2.29. The van der Waals surface area contributed by atoms with Crippen molar-refractivity contribution in [1.29, 1.82) is 0 Å². The Kier molecular flexibility index (Phi) is 3.41. The third-order valence-corrected chi connectivity index (χ3v) is 3.40. The van der Waals surface area contributed by atoms with Crippen LogP contribution < -0.4 is 5.32 Å². The van der Waals surface area contributed by atoms with Crippen LogP contribution in [0.25, 0.3) is 0 Å². The summed E-state index contributed by atoms with van der Waals surface area (Å²) in [6.07, 6.45) is 8.01. The van der Waals surface area contributed by atoms with E-state index in [1.807, 2.05) is 12.4 Å². The molecule has 0 saturated heterocycles. The van der Waals surface area contributed by atoms with Gasteiger partial charge in [-0.25, -0.2) is 4.98 Å². The molecule has 15 heavy (non-hydrogen) atoms. The minimum Gasteiger partial charge on any atom is -0.334 e. The molecule has 84 valence electrons.